The molecule has 4 nitrogen and oxygen atoms in total. The molecule has 0 saturated carbocycles. The Morgan fingerprint density at radius 3 is 1.81 bits per heavy atom. The Kier molecular flexibility index (Phi) is 16.4. The van der Waals surface area contributed by atoms with Crippen molar-refractivity contribution in [1.29, 1.82) is 0 Å². The number of carbonyl (C=O) groups is 2. The summed E-state index contributed by atoms with van der Waals surface area (Å²) < 4.78 is 0. The van der Waals surface area contributed by atoms with Gasteiger partial charge in [0, 0.05) is 43.0 Å². The van der Waals surface area contributed by atoms with Crippen molar-refractivity contribution in [1.82, 2.24) is 4.90 Å². The smallest absolute Gasteiger partial charge is 0.326 e. The Morgan fingerprint density at radius 2 is 1.38 bits per heavy atom. The van der Waals surface area contributed by atoms with Gasteiger partial charge in [-0.2, -0.15) is 0 Å². The minimum absolute atomic E-state index is 0. The average Bonchev–Trinajstić information content (AvgIpc) is 2.43. The second kappa shape index (κ2) is 14.9. The second-order valence-corrected chi connectivity index (χ2v) is 5.60. The number of unbranched alkanes of at least 4 members (excludes halogenated alkanes) is 8. The van der Waals surface area contributed by atoms with Gasteiger partial charge in [0.25, 0.3) is 0 Å². The summed E-state index contributed by atoms with van der Waals surface area (Å²) >= 11 is 0. The first kappa shape index (κ1) is 23.2. The molecule has 0 aliphatic heterocycles. The molecule has 0 spiro atoms. The summed E-state index contributed by atoms with van der Waals surface area (Å²) in [4.78, 5) is 23.9. The van der Waals surface area contributed by atoms with E-state index in [-0.39, 0.29) is 35.5 Å². The maximum atomic E-state index is 11.8. The maximum Gasteiger partial charge on any atom is 0.326 e. The molecule has 0 heterocycles. The fraction of sp³-hybridized carbons (Fsp3) is 0.875. The first-order chi connectivity index (χ1) is 9.50. The molecule has 0 aromatic rings. The largest absolute Gasteiger partial charge is 0.480 e. The number of likely N-dealkylation sites (N-methyl/N-ethyl adjacent to an activating group) is 1. The molecule has 1 atom stereocenters. The first-order valence-corrected chi connectivity index (χ1v) is 7.99. The second-order valence-electron chi connectivity index (χ2n) is 5.60. The van der Waals surface area contributed by atoms with Gasteiger partial charge in [-0.05, 0) is 13.3 Å². The van der Waals surface area contributed by atoms with E-state index in [1.54, 1.807) is 7.05 Å². The van der Waals surface area contributed by atoms with Gasteiger partial charge in [-0.3, -0.25) is 4.79 Å². The van der Waals surface area contributed by atoms with Gasteiger partial charge in [0.05, 0.1) is 0 Å². The Balaban J connectivity index is 0. The number of carboxylic acid groups (broad SMARTS) is 1. The van der Waals surface area contributed by atoms with E-state index in [0.29, 0.717) is 6.42 Å². The number of nitrogens with zero attached hydrogens (tertiary/aromatic N) is 1. The first-order valence-electron chi connectivity index (χ1n) is 7.99. The number of carbonyl (C=O) groups excluding carboxylic acids is 1. The molecule has 0 aliphatic carbocycles. The van der Waals surface area contributed by atoms with E-state index in [1.807, 2.05) is 0 Å². The average molecular weight is 308 g/mol. The standard InChI is InChI=1S/C16H31NO3.Na/c1-4-5-6-7-8-9-10-11-12-13-15(18)17(3)14(2)16(19)20;/h14H,4-13H2,1-3H3,(H,19,20);/t14-;/m0./s1. The summed E-state index contributed by atoms with van der Waals surface area (Å²) in [6.45, 7) is 3.76. The Bertz CT molecular complexity index is 285. The van der Waals surface area contributed by atoms with E-state index in [1.165, 1.54) is 56.8 Å². The van der Waals surface area contributed by atoms with Crippen LogP contribution < -0.4 is 0 Å². The van der Waals surface area contributed by atoms with Crippen LogP contribution in [0.2, 0.25) is 0 Å². The van der Waals surface area contributed by atoms with Crippen LogP contribution in [-0.4, -0.2) is 64.5 Å². The van der Waals surface area contributed by atoms with E-state index < -0.39 is 12.0 Å². The van der Waals surface area contributed by atoms with Crippen LogP contribution in [-0.2, 0) is 9.59 Å². The van der Waals surface area contributed by atoms with E-state index >= 15 is 0 Å². The number of hydrogen-bond donors (Lipinski definition) is 1. The van der Waals surface area contributed by atoms with Crippen LogP contribution >= 0.6 is 0 Å². The zero-order chi connectivity index (χ0) is 15.4. The van der Waals surface area contributed by atoms with Crippen molar-refractivity contribution in [2.24, 2.45) is 0 Å². The monoisotopic (exact) mass is 308 g/mol. The van der Waals surface area contributed by atoms with Gasteiger partial charge in [0.1, 0.15) is 6.04 Å². The fourth-order valence-electron chi connectivity index (χ4n) is 2.14. The molecule has 1 amide bonds. The third-order valence-corrected chi connectivity index (χ3v) is 3.83. The van der Waals surface area contributed by atoms with E-state index in [2.05, 4.69) is 6.92 Å². The molecule has 0 aliphatic rings. The predicted molar refractivity (Wildman–Crippen MR) is 87.5 cm³/mol. The van der Waals surface area contributed by atoms with Crippen LogP contribution in [0.3, 0.4) is 0 Å². The number of hydrogen-bond acceptors (Lipinski definition) is 2. The summed E-state index contributed by atoms with van der Waals surface area (Å²) in [5.74, 6) is -1.02. The number of aliphatic carboxylic acids is 1. The summed E-state index contributed by atoms with van der Waals surface area (Å²) in [6, 6.07) is -0.735. The number of rotatable bonds is 12. The van der Waals surface area contributed by atoms with Crippen molar-refractivity contribution in [2.75, 3.05) is 7.05 Å². The zero-order valence-corrected chi connectivity index (χ0v) is 16.4. The molecule has 5 heteroatoms. The molecule has 119 valence electrons. The number of amides is 1. The van der Waals surface area contributed by atoms with Gasteiger partial charge in [-0.15, -0.1) is 0 Å². The molecule has 0 saturated heterocycles. The number of carboxylic acids is 1. The molecule has 0 aromatic carbocycles. The predicted octanol–water partition coefficient (Wildman–Crippen LogP) is 3.46. The van der Waals surface area contributed by atoms with Gasteiger partial charge in [0.2, 0.25) is 5.91 Å². The molecule has 0 rings (SSSR count). The SMILES string of the molecule is CCCCCCCCCCCC(=O)N(C)[C@@H](C)C(=O)O.[Na]. The quantitative estimate of drug-likeness (QED) is 0.444. The Hall–Kier alpha value is -0.0600. The van der Waals surface area contributed by atoms with Crippen LogP contribution in [0.4, 0.5) is 0 Å². The summed E-state index contributed by atoms with van der Waals surface area (Å²) in [5.41, 5.74) is 0. The summed E-state index contributed by atoms with van der Waals surface area (Å²) in [6.07, 6.45) is 11.4. The molecule has 1 radical (unpaired) electrons. The van der Waals surface area contributed by atoms with Gasteiger partial charge in [0.15, 0.2) is 0 Å². The van der Waals surface area contributed by atoms with E-state index in [4.69, 9.17) is 5.11 Å². The molecule has 0 bridgehead atoms. The zero-order valence-electron chi connectivity index (χ0n) is 14.4. The summed E-state index contributed by atoms with van der Waals surface area (Å²) in [5, 5.41) is 8.84. The van der Waals surface area contributed by atoms with Crippen molar-refractivity contribution in [3.05, 3.63) is 0 Å². The van der Waals surface area contributed by atoms with Gasteiger partial charge >= 0.3 is 5.97 Å². The molecular formula is C16H31NNaO3. The van der Waals surface area contributed by atoms with Gasteiger partial charge in [-0.1, -0.05) is 58.3 Å². The normalized spacial score (nSPS) is 11.6. The van der Waals surface area contributed by atoms with Crippen molar-refractivity contribution in [3.63, 3.8) is 0 Å². The fourth-order valence-corrected chi connectivity index (χ4v) is 2.14. The maximum absolute atomic E-state index is 11.8. The van der Waals surface area contributed by atoms with Crippen LogP contribution in [0.1, 0.15) is 78.1 Å². The molecule has 21 heavy (non-hydrogen) atoms. The van der Waals surface area contributed by atoms with Crippen molar-refractivity contribution in [2.45, 2.75) is 84.1 Å². The van der Waals surface area contributed by atoms with Crippen LogP contribution in [0.5, 0.6) is 0 Å². The minimum atomic E-state index is -0.951. The van der Waals surface area contributed by atoms with Gasteiger partial charge < -0.3 is 10.0 Å². The molecule has 0 fully saturated rings. The third-order valence-electron chi connectivity index (χ3n) is 3.83. The molecule has 0 aromatic heterocycles. The Labute approximate surface area is 152 Å². The summed E-state index contributed by atoms with van der Waals surface area (Å²) in [7, 11) is 1.56. The topological polar surface area (TPSA) is 57.6 Å². The molecular weight excluding hydrogens is 277 g/mol. The Morgan fingerprint density at radius 1 is 0.952 bits per heavy atom. The van der Waals surface area contributed by atoms with Crippen LogP contribution in [0.25, 0.3) is 0 Å². The van der Waals surface area contributed by atoms with Gasteiger partial charge in [-0.25, -0.2) is 4.79 Å². The van der Waals surface area contributed by atoms with E-state index in [9.17, 15) is 9.59 Å². The van der Waals surface area contributed by atoms with E-state index in [0.717, 1.165) is 12.8 Å². The van der Waals surface area contributed by atoms with Crippen LogP contribution in [0.15, 0.2) is 0 Å². The van der Waals surface area contributed by atoms with Crippen molar-refractivity contribution >= 4 is 41.4 Å². The van der Waals surface area contributed by atoms with Crippen LogP contribution in [0, 0.1) is 0 Å². The van der Waals surface area contributed by atoms with Crippen molar-refractivity contribution < 1.29 is 14.7 Å². The molecule has 0 unspecified atom stereocenters. The third kappa shape index (κ3) is 12.2. The molecule has 1 N–H and O–H groups in total. The van der Waals surface area contributed by atoms with Crippen molar-refractivity contribution in [3.8, 4) is 0 Å². The minimum Gasteiger partial charge on any atom is -0.480 e.